The maximum atomic E-state index is 11.5. The van der Waals surface area contributed by atoms with Crippen LogP contribution >= 0.6 is 11.3 Å². The fourth-order valence-corrected chi connectivity index (χ4v) is 2.02. The zero-order valence-electron chi connectivity index (χ0n) is 6.46. The SMILES string of the molecule is Cc1cscc1C(=O)C1CC1. The minimum atomic E-state index is 0.364. The van der Waals surface area contributed by atoms with Gasteiger partial charge in [-0.15, -0.1) is 0 Å². The second kappa shape index (κ2) is 2.45. The van der Waals surface area contributed by atoms with Crippen molar-refractivity contribution in [2.24, 2.45) is 5.92 Å². The minimum absolute atomic E-state index is 0.364. The molecule has 0 saturated heterocycles. The second-order valence-electron chi connectivity index (χ2n) is 3.11. The van der Waals surface area contributed by atoms with Gasteiger partial charge in [-0.2, -0.15) is 11.3 Å². The van der Waals surface area contributed by atoms with E-state index in [1.165, 1.54) is 0 Å². The van der Waals surface area contributed by atoms with Crippen molar-refractivity contribution in [1.29, 1.82) is 0 Å². The average molecular weight is 166 g/mol. The molecule has 0 unspecified atom stereocenters. The first-order valence-electron chi connectivity index (χ1n) is 3.86. The molecule has 0 atom stereocenters. The molecule has 0 N–H and O–H groups in total. The van der Waals surface area contributed by atoms with Gasteiger partial charge in [-0.25, -0.2) is 0 Å². The van der Waals surface area contributed by atoms with Crippen molar-refractivity contribution >= 4 is 17.1 Å². The molecule has 0 radical (unpaired) electrons. The van der Waals surface area contributed by atoms with E-state index in [4.69, 9.17) is 0 Å². The van der Waals surface area contributed by atoms with E-state index in [1.807, 2.05) is 17.7 Å². The first kappa shape index (κ1) is 7.04. The Morgan fingerprint density at radius 2 is 2.27 bits per heavy atom. The Morgan fingerprint density at radius 1 is 1.55 bits per heavy atom. The first-order chi connectivity index (χ1) is 5.29. The van der Waals surface area contributed by atoms with Crippen molar-refractivity contribution in [2.45, 2.75) is 19.8 Å². The van der Waals surface area contributed by atoms with Gasteiger partial charge in [0.25, 0.3) is 0 Å². The lowest BCUT2D eigenvalue weighted by Crippen LogP contribution is -2.00. The number of aryl methyl sites for hydroxylation is 1. The molecule has 0 bridgehead atoms. The first-order valence-corrected chi connectivity index (χ1v) is 4.80. The number of hydrogen-bond acceptors (Lipinski definition) is 2. The van der Waals surface area contributed by atoms with E-state index in [9.17, 15) is 4.79 Å². The normalized spacial score (nSPS) is 16.8. The quantitative estimate of drug-likeness (QED) is 0.617. The van der Waals surface area contributed by atoms with Gasteiger partial charge in [0.15, 0.2) is 5.78 Å². The number of ketones is 1. The summed E-state index contributed by atoms with van der Waals surface area (Å²) in [6.07, 6.45) is 2.21. The minimum Gasteiger partial charge on any atom is -0.294 e. The van der Waals surface area contributed by atoms with Crippen LogP contribution in [0.25, 0.3) is 0 Å². The summed E-state index contributed by atoms with van der Waals surface area (Å²) in [6, 6.07) is 0. The molecule has 1 aromatic rings. The third kappa shape index (κ3) is 1.23. The molecule has 2 heteroatoms. The smallest absolute Gasteiger partial charge is 0.167 e. The number of hydrogen-bond donors (Lipinski definition) is 0. The van der Waals surface area contributed by atoms with Crippen molar-refractivity contribution < 1.29 is 4.79 Å². The molecule has 1 nitrogen and oxygen atoms in total. The van der Waals surface area contributed by atoms with Gasteiger partial charge in [-0.1, -0.05) is 0 Å². The number of thiophene rings is 1. The van der Waals surface area contributed by atoms with E-state index in [2.05, 4.69) is 0 Å². The van der Waals surface area contributed by atoms with Crippen LogP contribution in [0.1, 0.15) is 28.8 Å². The highest BCUT2D eigenvalue weighted by atomic mass is 32.1. The highest BCUT2D eigenvalue weighted by molar-refractivity contribution is 7.08. The molecule has 2 rings (SSSR count). The Labute approximate surface area is 70.1 Å². The van der Waals surface area contributed by atoms with Crippen LogP contribution in [0.2, 0.25) is 0 Å². The van der Waals surface area contributed by atoms with E-state index >= 15 is 0 Å². The van der Waals surface area contributed by atoms with Gasteiger partial charge in [0.2, 0.25) is 0 Å². The monoisotopic (exact) mass is 166 g/mol. The van der Waals surface area contributed by atoms with Crippen LogP contribution in [0.3, 0.4) is 0 Å². The topological polar surface area (TPSA) is 17.1 Å². The van der Waals surface area contributed by atoms with Crippen LogP contribution in [0, 0.1) is 12.8 Å². The van der Waals surface area contributed by atoms with E-state index in [-0.39, 0.29) is 0 Å². The highest BCUT2D eigenvalue weighted by Gasteiger charge is 2.31. The largest absolute Gasteiger partial charge is 0.294 e. The number of rotatable bonds is 2. The molecule has 1 saturated carbocycles. The Balaban J connectivity index is 2.27. The van der Waals surface area contributed by atoms with Crippen LogP contribution in [-0.4, -0.2) is 5.78 Å². The summed E-state index contributed by atoms with van der Waals surface area (Å²) < 4.78 is 0. The Hall–Kier alpha value is -0.630. The second-order valence-corrected chi connectivity index (χ2v) is 3.85. The third-order valence-corrected chi connectivity index (χ3v) is 2.93. The predicted octanol–water partition coefficient (Wildman–Crippen LogP) is 2.65. The van der Waals surface area contributed by atoms with Gasteiger partial charge in [-0.3, -0.25) is 4.79 Å². The maximum Gasteiger partial charge on any atom is 0.167 e. The Kier molecular flexibility index (Phi) is 1.57. The fourth-order valence-electron chi connectivity index (χ4n) is 1.18. The summed E-state index contributed by atoms with van der Waals surface area (Å²) in [5, 5.41) is 4.01. The highest BCUT2D eigenvalue weighted by Crippen LogP contribution is 2.34. The maximum absolute atomic E-state index is 11.5. The molecule has 0 aromatic carbocycles. The lowest BCUT2D eigenvalue weighted by atomic mass is 10.1. The van der Waals surface area contributed by atoms with Gasteiger partial charge in [0.05, 0.1) is 0 Å². The lowest BCUT2D eigenvalue weighted by Gasteiger charge is -1.94. The summed E-state index contributed by atoms with van der Waals surface area (Å²) in [6.45, 7) is 2.01. The number of carbonyl (C=O) groups excluding carboxylic acids is 1. The van der Waals surface area contributed by atoms with Crippen LogP contribution in [0.4, 0.5) is 0 Å². The molecule has 1 heterocycles. The standard InChI is InChI=1S/C9H10OS/c1-6-4-11-5-8(6)9(10)7-2-3-7/h4-5,7H,2-3H2,1H3. The molecule has 1 aromatic heterocycles. The van der Waals surface area contributed by atoms with Gasteiger partial charge >= 0.3 is 0 Å². The zero-order chi connectivity index (χ0) is 7.84. The van der Waals surface area contributed by atoms with Crippen LogP contribution in [0.15, 0.2) is 10.8 Å². The van der Waals surface area contributed by atoms with Crippen LogP contribution in [-0.2, 0) is 0 Å². The average Bonchev–Trinajstić information content (AvgIpc) is 2.74. The molecular weight excluding hydrogens is 156 g/mol. The van der Waals surface area contributed by atoms with Crippen molar-refractivity contribution in [3.05, 3.63) is 21.9 Å². The molecule has 1 fully saturated rings. The summed E-state index contributed by atoms with van der Waals surface area (Å²) in [7, 11) is 0. The molecule has 11 heavy (non-hydrogen) atoms. The zero-order valence-corrected chi connectivity index (χ0v) is 7.28. The summed E-state index contributed by atoms with van der Waals surface area (Å²) in [5.41, 5.74) is 2.10. The molecular formula is C9H10OS. The van der Waals surface area contributed by atoms with Crippen molar-refractivity contribution in [2.75, 3.05) is 0 Å². The predicted molar refractivity (Wildman–Crippen MR) is 46.1 cm³/mol. The van der Waals surface area contributed by atoms with Crippen molar-refractivity contribution in [1.82, 2.24) is 0 Å². The van der Waals surface area contributed by atoms with Crippen LogP contribution in [0.5, 0.6) is 0 Å². The van der Waals surface area contributed by atoms with Crippen molar-refractivity contribution in [3.8, 4) is 0 Å². The molecule has 1 aliphatic carbocycles. The van der Waals surface area contributed by atoms with Crippen LogP contribution < -0.4 is 0 Å². The fraction of sp³-hybridized carbons (Fsp3) is 0.444. The molecule has 0 amide bonds. The van der Waals surface area contributed by atoms with Gasteiger partial charge in [0.1, 0.15) is 0 Å². The summed E-state index contributed by atoms with van der Waals surface area (Å²) in [4.78, 5) is 11.5. The van der Waals surface area contributed by atoms with E-state index < -0.39 is 0 Å². The van der Waals surface area contributed by atoms with Gasteiger partial charge in [-0.05, 0) is 30.7 Å². The molecule has 0 spiro atoms. The number of carbonyl (C=O) groups is 1. The van der Waals surface area contributed by atoms with Gasteiger partial charge in [0, 0.05) is 16.9 Å². The Bertz CT molecular complexity index is 284. The van der Waals surface area contributed by atoms with Gasteiger partial charge < -0.3 is 0 Å². The molecule has 1 aliphatic rings. The van der Waals surface area contributed by atoms with E-state index in [0.717, 1.165) is 24.0 Å². The number of Topliss-reactive ketones (excluding diaryl/α,β-unsaturated/α-hetero) is 1. The third-order valence-electron chi connectivity index (χ3n) is 2.07. The summed E-state index contributed by atoms with van der Waals surface area (Å²) in [5.74, 6) is 0.729. The Morgan fingerprint density at radius 3 is 2.73 bits per heavy atom. The lowest BCUT2D eigenvalue weighted by molar-refractivity contribution is 0.0967. The van der Waals surface area contributed by atoms with E-state index in [1.54, 1.807) is 11.3 Å². The van der Waals surface area contributed by atoms with Crippen molar-refractivity contribution in [3.63, 3.8) is 0 Å². The van der Waals surface area contributed by atoms with E-state index in [0.29, 0.717) is 11.7 Å². The molecule has 0 aliphatic heterocycles. The molecule has 58 valence electrons. The summed E-state index contributed by atoms with van der Waals surface area (Å²) >= 11 is 1.62.